The predicted molar refractivity (Wildman–Crippen MR) is 62.0 cm³/mol. The molecule has 1 aromatic carbocycles. The molecule has 0 radical (unpaired) electrons. The average molecular weight is 270 g/mol. The maximum Gasteiger partial charge on any atom is 0.346 e. The Kier molecular flexibility index (Phi) is 3.57. The van der Waals surface area contributed by atoms with Crippen LogP contribution >= 0.6 is 11.3 Å². The minimum absolute atomic E-state index is 0.0486. The van der Waals surface area contributed by atoms with Gasteiger partial charge in [0.2, 0.25) is 0 Å². The molecule has 0 atom stereocenters. The van der Waals surface area contributed by atoms with Gasteiger partial charge in [0, 0.05) is 11.4 Å². The van der Waals surface area contributed by atoms with Crippen molar-refractivity contribution in [2.75, 3.05) is 0 Å². The van der Waals surface area contributed by atoms with E-state index in [1.807, 2.05) is 0 Å². The number of carboxylic acids is 1. The number of halogens is 2. The van der Waals surface area contributed by atoms with Crippen LogP contribution in [0.25, 0.3) is 0 Å². The maximum atomic E-state index is 12.9. The van der Waals surface area contributed by atoms with Gasteiger partial charge >= 0.3 is 5.97 Å². The summed E-state index contributed by atoms with van der Waals surface area (Å²) >= 11 is 1.04. The third-order valence-electron chi connectivity index (χ3n) is 2.18. The lowest BCUT2D eigenvalue weighted by Crippen LogP contribution is -1.96. The number of benzene rings is 1. The smallest absolute Gasteiger partial charge is 0.346 e. The molecule has 18 heavy (non-hydrogen) atoms. The van der Waals surface area contributed by atoms with Crippen LogP contribution in [0, 0.1) is 11.6 Å². The monoisotopic (exact) mass is 270 g/mol. The van der Waals surface area contributed by atoms with Crippen molar-refractivity contribution in [1.29, 1.82) is 0 Å². The van der Waals surface area contributed by atoms with E-state index < -0.39 is 17.6 Å². The van der Waals surface area contributed by atoms with E-state index in [1.165, 1.54) is 12.1 Å². The van der Waals surface area contributed by atoms with Crippen LogP contribution in [0.3, 0.4) is 0 Å². The maximum absolute atomic E-state index is 12.9. The molecule has 6 heteroatoms. The lowest BCUT2D eigenvalue weighted by Gasteiger charge is -2.04. The van der Waals surface area contributed by atoms with Gasteiger partial charge in [-0.15, -0.1) is 11.3 Å². The Morgan fingerprint density at radius 3 is 2.67 bits per heavy atom. The van der Waals surface area contributed by atoms with Crippen molar-refractivity contribution in [3.05, 3.63) is 51.7 Å². The molecule has 0 saturated carbocycles. The molecule has 1 N–H and O–H groups in total. The zero-order chi connectivity index (χ0) is 13.1. The first-order valence-electron chi connectivity index (χ1n) is 4.95. The Morgan fingerprint density at radius 1 is 1.28 bits per heavy atom. The molecule has 0 bridgehead atoms. The number of thiophene rings is 1. The number of rotatable bonds is 4. The van der Waals surface area contributed by atoms with Gasteiger partial charge in [0.05, 0.1) is 0 Å². The van der Waals surface area contributed by atoms with E-state index >= 15 is 0 Å². The summed E-state index contributed by atoms with van der Waals surface area (Å²) in [6, 6.07) is 4.85. The highest BCUT2D eigenvalue weighted by molar-refractivity contribution is 7.12. The van der Waals surface area contributed by atoms with Crippen molar-refractivity contribution < 1.29 is 23.4 Å². The summed E-state index contributed by atoms with van der Waals surface area (Å²) in [4.78, 5) is 10.8. The number of carboxylic acid groups (broad SMARTS) is 1. The summed E-state index contributed by atoms with van der Waals surface area (Å²) in [7, 11) is 0. The standard InChI is InChI=1S/C12H8F2O3S/c13-9-2-1-7(3-10(9)14)5-17-8-4-11(12(15)16)18-6-8/h1-4,6H,5H2,(H,15,16). The van der Waals surface area contributed by atoms with E-state index in [4.69, 9.17) is 9.84 Å². The van der Waals surface area contributed by atoms with Crippen molar-refractivity contribution in [3.63, 3.8) is 0 Å². The van der Waals surface area contributed by atoms with Gasteiger partial charge in [-0.2, -0.15) is 0 Å². The van der Waals surface area contributed by atoms with Gasteiger partial charge in [0.15, 0.2) is 11.6 Å². The van der Waals surface area contributed by atoms with Crippen molar-refractivity contribution in [2.24, 2.45) is 0 Å². The minimum atomic E-state index is -1.03. The van der Waals surface area contributed by atoms with E-state index in [9.17, 15) is 13.6 Å². The first-order valence-corrected chi connectivity index (χ1v) is 5.83. The van der Waals surface area contributed by atoms with E-state index in [1.54, 1.807) is 5.38 Å². The van der Waals surface area contributed by atoms with Crippen molar-refractivity contribution in [1.82, 2.24) is 0 Å². The van der Waals surface area contributed by atoms with Crippen molar-refractivity contribution in [2.45, 2.75) is 6.61 Å². The topological polar surface area (TPSA) is 46.5 Å². The Labute approximate surface area is 105 Å². The second-order valence-electron chi connectivity index (χ2n) is 3.49. The van der Waals surface area contributed by atoms with Gasteiger partial charge in [-0.05, 0) is 17.7 Å². The van der Waals surface area contributed by atoms with Gasteiger partial charge in [0.25, 0.3) is 0 Å². The van der Waals surface area contributed by atoms with E-state index in [-0.39, 0.29) is 11.5 Å². The molecule has 0 aliphatic rings. The fraction of sp³-hybridized carbons (Fsp3) is 0.0833. The Hall–Kier alpha value is -1.95. The molecule has 2 rings (SSSR count). The van der Waals surface area contributed by atoms with Crippen LogP contribution < -0.4 is 4.74 Å². The lowest BCUT2D eigenvalue weighted by atomic mass is 10.2. The SMILES string of the molecule is O=C(O)c1cc(OCc2ccc(F)c(F)c2)cs1. The summed E-state index contributed by atoms with van der Waals surface area (Å²) in [6.45, 7) is 0.0486. The van der Waals surface area contributed by atoms with Crippen LogP contribution in [0.1, 0.15) is 15.2 Å². The third kappa shape index (κ3) is 2.84. The fourth-order valence-corrected chi connectivity index (χ4v) is 1.97. The first-order chi connectivity index (χ1) is 8.56. The molecule has 1 aromatic heterocycles. The van der Waals surface area contributed by atoms with Crippen LogP contribution in [0.2, 0.25) is 0 Å². The Balaban J connectivity index is 2.02. The van der Waals surface area contributed by atoms with Crippen LogP contribution in [0.5, 0.6) is 5.75 Å². The molecule has 0 spiro atoms. The largest absolute Gasteiger partial charge is 0.488 e. The summed E-state index contributed by atoms with van der Waals surface area (Å²) in [5, 5.41) is 10.3. The molecule has 0 fully saturated rings. The Morgan fingerprint density at radius 2 is 2.06 bits per heavy atom. The van der Waals surface area contributed by atoms with Gasteiger partial charge < -0.3 is 9.84 Å². The Bertz CT molecular complexity index is 580. The number of aromatic carboxylic acids is 1. The first kappa shape index (κ1) is 12.5. The van der Waals surface area contributed by atoms with Crippen molar-refractivity contribution in [3.8, 4) is 5.75 Å². The highest BCUT2D eigenvalue weighted by atomic mass is 32.1. The van der Waals surface area contributed by atoms with Crippen LogP contribution in [0.4, 0.5) is 8.78 Å². The predicted octanol–water partition coefficient (Wildman–Crippen LogP) is 3.30. The summed E-state index contributed by atoms with van der Waals surface area (Å²) < 4.78 is 30.9. The molecule has 0 aliphatic heterocycles. The molecule has 0 aliphatic carbocycles. The van der Waals surface area contributed by atoms with Crippen LogP contribution in [-0.4, -0.2) is 11.1 Å². The number of hydrogen-bond acceptors (Lipinski definition) is 3. The summed E-state index contributed by atoms with van der Waals surface area (Å²) in [6.07, 6.45) is 0. The fourth-order valence-electron chi connectivity index (χ4n) is 1.30. The van der Waals surface area contributed by atoms with Gasteiger partial charge in [-0.3, -0.25) is 0 Å². The summed E-state index contributed by atoms with van der Waals surface area (Å²) in [5.41, 5.74) is 0.469. The number of carbonyl (C=O) groups is 1. The average Bonchev–Trinajstić information content (AvgIpc) is 2.79. The highest BCUT2D eigenvalue weighted by Gasteiger charge is 2.08. The third-order valence-corrected chi connectivity index (χ3v) is 3.07. The molecule has 2 aromatic rings. The van der Waals surface area contributed by atoms with Gasteiger partial charge in [-0.25, -0.2) is 13.6 Å². The number of hydrogen-bond donors (Lipinski definition) is 1. The second-order valence-corrected chi connectivity index (χ2v) is 4.40. The molecular weight excluding hydrogens is 262 g/mol. The van der Waals surface area contributed by atoms with E-state index in [0.717, 1.165) is 23.5 Å². The van der Waals surface area contributed by atoms with Gasteiger partial charge in [0.1, 0.15) is 17.2 Å². The van der Waals surface area contributed by atoms with Crippen molar-refractivity contribution >= 4 is 17.3 Å². The molecule has 0 unspecified atom stereocenters. The zero-order valence-electron chi connectivity index (χ0n) is 9.02. The molecular formula is C12H8F2O3S. The quantitative estimate of drug-likeness (QED) is 0.927. The van der Waals surface area contributed by atoms with E-state index in [0.29, 0.717) is 11.3 Å². The van der Waals surface area contributed by atoms with Crippen LogP contribution in [-0.2, 0) is 6.61 Å². The molecule has 94 valence electrons. The van der Waals surface area contributed by atoms with E-state index in [2.05, 4.69) is 0 Å². The molecule has 0 saturated heterocycles. The lowest BCUT2D eigenvalue weighted by molar-refractivity contribution is 0.0702. The van der Waals surface area contributed by atoms with Gasteiger partial charge in [-0.1, -0.05) is 6.07 Å². The molecule has 0 amide bonds. The number of ether oxygens (including phenoxy) is 1. The molecule has 1 heterocycles. The zero-order valence-corrected chi connectivity index (χ0v) is 9.84. The van der Waals surface area contributed by atoms with Crippen LogP contribution in [0.15, 0.2) is 29.6 Å². The minimum Gasteiger partial charge on any atom is -0.488 e. The highest BCUT2D eigenvalue weighted by Crippen LogP contribution is 2.22. The molecule has 3 nitrogen and oxygen atoms in total. The summed E-state index contributed by atoms with van der Waals surface area (Å²) in [5.74, 6) is -2.49. The second kappa shape index (κ2) is 5.14. The normalized spacial score (nSPS) is 10.3.